The average Bonchev–Trinajstić information content (AvgIpc) is 2.30. The van der Waals surface area contributed by atoms with Crippen LogP contribution in [0.2, 0.25) is 0 Å². The van der Waals surface area contributed by atoms with E-state index in [1.165, 1.54) is 6.42 Å². The van der Waals surface area contributed by atoms with Crippen LogP contribution < -0.4 is 5.32 Å². The number of nitrogens with one attached hydrogen (secondary N) is 1. The largest absolute Gasteiger partial charge is 0.364 e. The predicted molar refractivity (Wildman–Crippen MR) is 84.2 cm³/mol. The molecule has 21 heavy (non-hydrogen) atoms. The quantitative estimate of drug-likeness (QED) is 0.929. The number of amides is 1. The van der Waals surface area contributed by atoms with Gasteiger partial charge < -0.3 is 10.2 Å². The van der Waals surface area contributed by atoms with Crippen LogP contribution in [0.15, 0.2) is 12.4 Å². The van der Waals surface area contributed by atoms with E-state index in [1.807, 2.05) is 11.0 Å². The van der Waals surface area contributed by atoms with E-state index in [0.29, 0.717) is 17.9 Å². The maximum Gasteiger partial charge on any atom is 0.225 e. The second-order valence-electron chi connectivity index (χ2n) is 7.25. The third kappa shape index (κ3) is 3.01. The van der Waals surface area contributed by atoms with E-state index in [0.717, 1.165) is 37.4 Å². The number of hydrogen-bond donors (Lipinski definition) is 1. The zero-order valence-corrected chi connectivity index (χ0v) is 13.1. The number of nitrogens with zero attached hydrogens (tertiary/aromatic N) is 3. The van der Waals surface area contributed by atoms with Crippen LogP contribution in [0.5, 0.6) is 0 Å². The second kappa shape index (κ2) is 5.28. The molecular weight excluding hydrogens is 264 g/mol. The van der Waals surface area contributed by atoms with E-state index in [2.05, 4.69) is 36.1 Å². The first kappa shape index (κ1) is 14.3. The number of carbonyl (C=O) groups is 1. The minimum Gasteiger partial charge on any atom is -0.364 e. The van der Waals surface area contributed by atoms with Gasteiger partial charge in [-0.1, -0.05) is 27.2 Å². The molecule has 116 valence electrons. The molecule has 0 radical (unpaired) electrons. The molecule has 1 amide bonds. The lowest BCUT2D eigenvalue weighted by atomic mass is 9.83. The first-order chi connectivity index (χ1) is 9.93. The van der Waals surface area contributed by atoms with Crippen molar-refractivity contribution in [2.45, 2.75) is 51.5 Å². The lowest BCUT2D eigenvalue weighted by Gasteiger charge is -2.43. The summed E-state index contributed by atoms with van der Waals surface area (Å²) in [6.45, 7) is 8.01. The van der Waals surface area contributed by atoms with Gasteiger partial charge in [0.15, 0.2) is 0 Å². The normalized spacial score (nSPS) is 19.9. The summed E-state index contributed by atoms with van der Waals surface area (Å²) in [6.07, 6.45) is 4.98. The zero-order valence-electron chi connectivity index (χ0n) is 13.1. The van der Waals surface area contributed by atoms with Crippen LogP contribution in [0.4, 0.5) is 5.82 Å². The smallest absolute Gasteiger partial charge is 0.225 e. The Morgan fingerprint density at radius 2 is 2.05 bits per heavy atom. The number of likely N-dealkylation sites (tertiary alicyclic amines) is 1. The van der Waals surface area contributed by atoms with E-state index < -0.39 is 0 Å². The van der Waals surface area contributed by atoms with Gasteiger partial charge in [-0.05, 0) is 12.8 Å². The molecule has 0 aromatic carbocycles. The highest BCUT2D eigenvalue weighted by atomic mass is 16.2. The fourth-order valence-electron chi connectivity index (χ4n) is 2.72. The Morgan fingerprint density at radius 3 is 2.62 bits per heavy atom. The van der Waals surface area contributed by atoms with E-state index in [9.17, 15) is 4.79 Å². The molecule has 0 spiro atoms. The first-order valence-electron chi connectivity index (χ1n) is 7.81. The van der Waals surface area contributed by atoms with Crippen molar-refractivity contribution in [3.63, 3.8) is 0 Å². The first-order valence-corrected chi connectivity index (χ1v) is 7.81. The average molecular weight is 290 g/mol. The van der Waals surface area contributed by atoms with Crippen LogP contribution in [0.25, 0.3) is 0 Å². The van der Waals surface area contributed by atoms with Gasteiger partial charge in [-0.25, -0.2) is 9.97 Å². The van der Waals surface area contributed by atoms with Crippen LogP contribution >= 0.6 is 0 Å². The Balaban J connectivity index is 0.00000176. The Bertz CT molecular complexity index is 533. The highest BCUT2D eigenvalue weighted by Gasteiger charge is 2.36. The molecule has 1 N–H and O–H groups in total. The van der Waals surface area contributed by atoms with Crippen LogP contribution in [-0.2, 0) is 10.2 Å². The van der Waals surface area contributed by atoms with Crippen LogP contribution in [0.3, 0.4) is 0 Å². The summed E-state index contributed by atoms with van der Waals surface area (Å²) < 4.78 is 0. The van der Waals surface area contributed by atoms with Crippen molar-refractivity contribution in [1.82, 2.24) is 14.9 Å². The summed E-state index contributed by atoms with van der Waals surface area (Å²) >= 11 is 0. The molecule has 2 fully saturated rings. The van der Waals surface area contributed by atoms with Gasteiger partial charge in [-0.2, -0.15) is 0 Å². The van der Waals surface area contributed by atoms with Crippen molar-refractivity contribution < 1.29 is 6.22 Å². The molecule has 1 aliphatic heterocycles. The summed E-state index contributed by atoms with van der Waals surface area (Å²) in [5.41, 5.74) is 1.05. The van der Waals surface area contributed by atoms with Gasteiger partial charge >= 0.3 is 0 Å². The van der Waals surface area contributed by atoms with Crippen LogP contribution in [0, 0.1) is 5.92 Å². The fraction of sp³-hybridized carbons (Fsp3) is 0.688. The number of rotatable bonds is 3. The summed E-state index contributed by atoms with van der Waals surface area (Å²) in [5, 5.41) is 3.41. The minimum absolute atomic E-state index is 0. The fourth-order valence-corrected chi connectivity index (χ4v) is 2.72. The van der Waals surface area contributed by atoms with Gasteiger partial charge in [0.2, 0.25) is 5.91 Å². The molecule has 1 aromatic rings. The SMILES string of the molecule is CC(C)(C)c1cc(NC2CN(C(=O)C3CCC3)C2)ncn1.[HH]. The summed E-state index contributed by atoms with van der Waals surface area (Å²) in [5.74, 6) is 1.51. The Labute approximate surface area is 127 Å². The van der Waals surface area contributed by atoms with Crippen molar-refractivity contribution >= 4 is 11.7 Å². The topological polar surface area (TPSA) is 58.1 Å². The molecule has 5 heteroatoms. The van der Waals surface area contributed by atoms with Gasteiger partial charge in [-0.15, -0.1) is 0 Å². The van der Waals surface area contributed by atoms with Gasteiger partial charge in [0.25, 0.3) is 0 Å². The molecule has 3 rings (SSSR count). The molecule has 1 aliphatic carbocycles. The molecule has 1 aromatic heterocycles. The molecule has 0 unspecified atom stereocenters. The molecule has 1 saturated carbocycles. The summed E-state index contributed by atoms with van der Waals surface area (Å²) in [7, 11) is 0. The highest BCUT2D eigenvalue weighted by molar-refractivity contribution is 5.80. The Hall–Kier alpha value is -1.65. The van der Waals surface area contributed by atoms with E-state index in [-0.39, 0.29) is 6.84 Å². The zero-order chi connectivity index (χ0) is 15.0. The van der Waals surface area contributed by atoms with Crippen molar-refractivity contribution in [2.75, 3.05) is 18.4 Å². The van der Waals surface area contributed by atoms with Gasteiger partial charge in [-0.3, -0.25) is 4.79 Å². The standard InChI is InChI=1S/C16H24N4O.H2/c1-16(2,3)13-7-14(18-10-17-13)19-12-8-20(9-12)15(21)11-5-4-6-11;/h7,10-12H,4-6,8-9H2,1-3H3,(H,17,18,19);1H. The van der Waals surface area contributed by atoms with Crippen molar-refractivity contribution in [3.05, 3.63) is 18.1 Å². The molecule has 2 heterocycles. The number of anilines is 1. The van der Waals surface area contributed by atoms with Crippen LogP contribution in [-0.4, -0.2) is 39.9 Å². The third-order valence-electron chi connectivity index (χ3n) is 4.44. The molecular formula is C16H26N4O. The summed E-state index contributed by atoms with van der Waals surface area (Å²) in [4.78, 5) is 22.6. The summed E-state index contributed by atoms with van der Waals surface area (Å²) in [6, 6.07) is 2.33. The maximum absolute atomic E-state index is 12.1. The van der Waals surface area contributed by atoms with Gasteiger partial charge in [0.1, 0.15) is 12.1 Å². The monoisotopic (exact) mass is 290 g/mol. The van der Waals surface area contributed by atoms with E-state index in [1.54, 1.807) is 6.33 Å². The molecule has 0 atom stereocenters. The highest BCUT2D eigenvalue weighted by Crippen LogP contribution is 2.30. The maximum atomic E-state index is 12.1. The van der Waals surface area contributed by atoms with Crippen LogP contribution in [0.1, 0.15) is 47.2 Å². The van der Waals surface area contributed by atoms with Crippen molar-refractivity contribution in [2.24, 2.45) is 5.92 Å². The lowest BCUT2D eigenvalue weighted by molar-refractivity contribution is -0.142. The minimum atomic E-state index is 0. The third-order valence-corrected chi connectivity index (χ3v) is 4.44. The number of hydrogen-bond acceptors (Lipinski definition) is 4. The second-order valence-corrected chi connectivity index (χ2v) is 7.25. The van der Waals surface area contributed by atoms with E-state index in [4.69, 9.17) is 0 Å². The molecule has 5 nitrogen and oxygen atoms in total. The lowest BCUT2D eigenvalue weighted by Crippen LogP contribution is -2.59. The molecule has 0 bridgehead atoms. The van der Waals surface area contributed by atoms with Crippen molar-refractivity contribution in [3.8, 4) is 0 Å². The Kier molecular flexibility index (Phi) is 3.59. The number of carbonyl (C=O) groups excluding carboxylic acids is 1. The van der Waals surface area contributed by atoms with Gasteiger partial charge in [0, 0.05) is 31.9 Å². The molecule has 2 aliphatic rings. The number of aromatic nitrogens is 2. The van der Waals surface area contributed by atoms with Gasteiger partial charge in [0.05, 0.1) is 11.7 Å². The Morgan fingerprint density at radius 1 is 1.33 bits per heavy atom. The predicted octanol–water partition coefficient (Wildman–Crippen LogP) is 2.44. The van der Waals surface area contributed by atoms with E-state index >= 15 is 0 Å². The van der Waals surface area contributed by atoms with Crippen molar-refractivity contribution in [1.29, 1.82) is 0 Å². The molecule has 1 saturated heterocycles.